The molecule has 0 amide bonds. The van der Waals surface area contributed by atoms with Crippen LogP contribution in [-0.2, 0) is 4.74 Å². The molecule has 3 heteroatoms. The van der Waals surface area contributed by atoms with E-state index in [1.165, 1.54) is 12.8 Å². The van der Waals surface area contributed by atoms with Crippen LogP contribution < -0.4 is 5.32 Å². The third kappa shape index (κ3) is 4.22. The Labute approximate surface area is 113 Å². The first-order chi connectivity index (χ1) is 8.38. The van der Waals surface area contributed by atoms with Gasteiger partial charge in [0.25, 0.3) is 0 Å². The van der Waals surface area contributed by atoms with Gasteiger partial charge in [-0.25, -0.2) is 0 Å². The van der Waals surface area contributed by atoms with Crippen LogP contribution in [0.2, 0.25) is 0 Å². The van der Waals surface area contributed by atoms with Gasteiger partial charge in [0.15, 0.2) is 0 Å². The molecule has 0 aromatic rings. The predicted octanol–water partition coefficient (Wildman–Crippen LogP) is 2.51. The topological polar surface area (TPSA) is 24.5 Å². The van der Waals surface area contributed by atoms with Gasteiger partial charge in [0, 0.05) is 18.6 Å². The molecule has 108 valence electrons. The van der Waals surface area contributed by atoms with E-state index in [9.17, 15) is 0 Å². The fourth-order valence-electron chi connectivity index (χ4n) is 3.07. The van der Waals surface area contributed by atoms with Gasteiger partial charge < -0.3 is 10.1 Å². The fraction of sp³-hybridized carbons (Fsp3) is 1.00. The molecule has 18 heavy (non-hydrogen) atoms. The number of hydrogen-bond donors (Lipinski definition) is 1. The minimum atomic E-state index is 0.336. The molecule has 0 aromatic carbocycles. The first-order valence-corrected chi connectivity index (χ1v) is 7.43. The molecule has 1 rings (SSSR count). The van der Waals surface area contributed by atoms with Crippen LogP contribution >= 0.6 is 0 Å². The summed E-state index contributed by atoms with van der Waals surface area (Å²) in [4.78, 5) is 2.48. The quantitative estimate of drug-likeness (QED) is 0.757. The first kappa shape index (κ1) is 15.9. The van der Waals surface area contributed by atoms with Crippen molar-refractivity contribution >= 4 is 0 Å². The van der Waals surface area contributed by atoms with Gasteiger partial charge >= 0.3 is 0 Å². The van der Waals surface area contributed by atoms with E-state index in [0.717, 1.165) is 19.7 Å². The SMILES string of the molecule is CCNC1C(N(C)CCOC(C)C)CCC1(C)C. The van der Waals surface area contributed by atoms with Gasteiger partial charge in [-0.1, -0.05) is 20.8 Å². The summed E-state index contributed by atoms with van der Waals surface area (Å²) >= 11 is 0. The van der Waals surface area contributed by atoms with Crippen molar-refractivity contribution < 1.29 is 4.74 Å². The summed E-state index contributed by atoms with van der Waals surface area (Å²) in [6.45, 7) is 14.1. The zero-order chi connectivity index (χ0) is 13.8. The standard InChI is InChI=1S/C15H32N2O/c1-7-16-14-13(8-9-15(14,4)5)17(6)10-11-18-12(2)3/h12-14,16H,7-11H2,1-6H3. The highest BCUT2D eigenvalue weighted by molar-refractivity contribution is 5.00. The smallest absolute Gasteiger partial charge is 0.0596 e. The van der Waals surface area contributed by atoms with E-state index in [1.807, 2.05) is 0 Å². The number of ether oxygens (including phenoxy) is 1. The van der Waals surface area contributed by atoms with Crippen molar-refractivity contribution in [3.8, 4) is 0 Å². The van der Waals surface area contributed by atoms with Crippen LogP contribution in [0.4, 0.5) is 0 Å². The predicted molar refractivity (Wildman–Crippen MR) is 78.0 cm³/mol. The second-order valence-corrected chi connectivity index (χ2v) is 6.53. The molecule has 1 fully saturated rings. The van der Waals surface area contributed by atoms with E-state index in [2.05, 4.69) is 51.9 Å². The van der Waals surface area contributed by atoms with Crippen molar-refractivity contribution in [2.75, 3.05) is 26.7 Å². The van der Waals surface area contributed by atoms with Crippen LogP contribution in [0, 0.1) is 5.41 Å². The highest BCUT2D eigenvalue weighted by atomic mass is 16.5. The second kappa shape index (κ2) is 6.88. The maximum absolute atomic E-state index is 5.66. The molecule has 0 radical (unpaired) electrons. The minimum absolute atomic E-state index is 0.336. The third-order valence-corrected chi connectivity index (χ3v) is 4.20. The molecular weight excluding hydrogens is 224 g/mol. The number of hydrogen-bond acceptors (Lipinski definition) is 3. The molecule has 0 spiro atoms. The molecule has 0 saturated heterocycles. The van der Waals surface area contributed by atoms with Crippen molar-refractivity contribution in [1.82, 2.24) is 10.2 Å². The fourth-order valence-corrected chi connectivity index (χ4v) is 3.07. The van der Waals surface area contributed by atoms with Gasteiger partial charge in [0.1, 0.15) is 0 Å². The van der Waals surface area contributed by atoms with Gasteiger partial charge in [0.2, 0.25) is 0 Å². The Balaban J connectivity index is 2.48. The summed E-state index contributed by atoms with van der Waals surface area (Å²) in [5.74, 6) is 0. The van der Waals surface area contributed by atoms with Crippen molar-refractivity contribution in [3.63, 3.8) is 0 Å². The minimum Gasteiger partial charge on any atom is -0.377 e. The van der Waals surface area contributed by atoms with Crippen LogP contribution in [0.15, 0.2) is 0 Å². The van der Waals surface area contributed by atoms with E-state index >= 15 is 0 Å². The molecule has 2 atom stereocenters. The van der Waals surface area contributed by atoms with Crippen molar-refractivity contribution in [2.24, 2.45) is 5.41 Å². The Kier molecular flexibility index (Phi) is 6.09. The van der Waals surface area contributed by atoms with Crippen LogP contribution in [0.25, 0.3) is 0 Å². The van der Waals surface area contributed by atoms with E-state index in [-0.39, 0.29) is 0 Å². The number of rotatable bonds is 7. The number of nitrogens with zero attached hydrogens (tertiary/aromatic N) is 1. The molecule has 1 aliphatic rings. The van der Waals surface area contributed by atoms with Crippen LogP contribution in [0.3, 0.4) is 0 Å². The van der Waals surface area contributed by atoms with Gasteiger partial charge in [-0.15, -0.1) is 0 Å². The second-order valence-electron chi connectivity index (χ2n) is 6.53. The normalized spacial score (nSPS) is 27.3. The highest BCUT2D eigenvalue weighted by Crippen LogP contribution is 2.39. The maximum Gasteiger partial charge on any atom is 0.0596 e. The number of nitrogens with one attached hydrogen (secondary N) is 1. The zero-order valence-electron chi connectivity index (χ0n) is 13.1. The van der Waals surface area contributed by atoms with Gasteiger partial charge in [0.05, 0.1) is 12.7 Å². The molecule has 3 nitrogen and oxygen atoms in total. The molecule has 0 bridgehead atoms. The summed E-state index contributed by atoms with van der Waals surface area (Å²) in [6.07, 6.45) is 2.94. The van der Waals surface area contributed by atoms with E-state index in [0.29, 0.717) is 23.6 Å². The zero-order valence-corrected chi connectivity index (χ0v) is 13.1. The lowest BCUT2D eigenvalue weighted by atomic mass is 9.86. The van der Waals surface area contributed by atoms with Crippen molar-refractivity contribution in [3.05, 3.63) is 0 Å². The molecule has 2 unspecified atom stereocenters. The number of likely N-dealkylation sites (N-methyl/N-ethyl adjacent to an activating group) is 2. The van der Waals surface area contributed by atoms with Gasteiger partial charge in [-0.05, 0) is 45.7 Å². The lowest BCUT2D eigenvalue weighted by Gasteiger charge is -2.36. The molecule has 1 saturated carbocycles. The molecule has 1 aliphatic carbocycles. The summed E-state index contributed by atoms with van der Waals surface area (Å²) in [5.41, 5.74) is 0.411. The molecule has 0 aliphatic heterocycles. The Hall–Kier alpha value is -0.120. The Morgan fingerprint density at radius 2 is 2.06 bits per heavy atom. The molecule has 0 heterocycles. The van der Waals surface area contributed by atoms with E-state index in [4.69, 9.17) is 4.74 Å². The van der Waals surface area contributed by atoms with Crippen LogP contribution in [0.1, 0.15) is 47.5 Å². The van der Waals surface area contributed by atoms with Crippen LogP contribution in [-0.4, -0.2) is 49.8 Å². The lowest BCUT2D eigenvalue weighted by molar-refractivity contribution is 0.0511. The Bertz CT molecular complexity index is 241. The average molecular weight is 256 g/mol. The maximum atomic E-state index is 5.66. The molecule has 0 aromatic heterocycles. The van der Waals surface area contributed by atoms with E-state index < -0.39 is 0 Å². The summed E-state index contributed by atoms with van der Waals surface area (Å²) < 4.78 is 5.66. The molecular formula is C15H32N2O. The lowest BCUT2D eigenvalue weighted by Crippen LogP contribution is -2.51. The third-order valence-electron chi connectivity index (χ3n) is 4.20. The first-order valence-electron chi connectivity index (χ1n) is 7.43. The summed E-state index contributed by atoms with van der Waals surface area (Å²) in [6, 6.07) is 1.25. The summed E-state index contributed by atoms with van der Waals surface area (Å²) in [7, 11) is 2.24. The summed E-state index contributed by atoms with van der Waals surface area (Å²) in [5, 5.41) is 3.68. The van der Waals surface area contributed by atoms with Crippen LogP contribution in [0.5, 0.6) is 0 Å². The van der Waals surface area contributed by atoms with E-state index in [1.54, 1.807) is 0 Å². The average Bonchev–Trinajstić information content (AvgIpc) is 2.55. The Morgan fingerprint density at radius 1 is 1.39 bits per heavy atom. The van der Waals surface area contributed by atoms with Crippen molar-refractivity contribution in [2.45, 2.75) is 65.6 Å². The Morgan fingerprint density at radius 3 is 2.61 bits per heavy atom. The van der Waals surface area contributed by atoms with Gasteiger partial charge in [-0.3, -0.25) is 4.90 Å². The highest BCUT2D eigenvalue weighted by Gasteiger charge is 2.42. The molecule has 1 N–H and O–H groups in total. The monoisotopic (exact) mass is 256 g/mol. The van der Waals surface area contributed by atoms with Crippen molar-refractivity contribution in [1.29, 1.82) is 0 Å². The van der Waals surface area contributed by atoms with Gasteiger partial charge in [-0.2, -0.15) is 0 Å². The largest absolute Gasteiger partial charge is 0.377 e.